The molecule has 0 spiro atoms. The van der Waals surface area contributed by atoms with E-state index in [1.165, 1.54) is 0 Å². The maximum Gasteiger partial charge on any atom is 0.253 e. The van der Waals surface area contributed by atoms with E-state index in [2.05, 4.69) is 10.5 Å². The summed E-state index contributed by atoms with van der Waals surface area (Å²) in [6, 6.07) is 3.63. The maximum atomic E-state index is 12.2. The van der Waals surface area contributed by atoms with Gasteiger partial charge in [-0.15, -0.1) is 12.4 Å². The highest BCUT2D eigenvalue weighted by atomic mass is 35.5. The Bertz CT molecular complexity index is 633. The summed E-state index contributed by atoms with van der Waals surface area (Å²) in [7, 11) is 0. The van der Waals surface area contributed by atoms with Crippen LogP contribution in [-0.2, 0) is 0 Å². The first-order chi connectivity index (χ1) is 9.43. The molecule has 0 saturated carbocycles. The Morgan fingerprint density at radius 3 is 2.62 bits per heavy atom. The number of aromatic nitrogens is 2. The number of hydrogen-bond acceptors (Lipinski definition) is 4. The lowest BCUT2D eigenvalue weighted by Gasteiger charge is -2.11. The zero-order valence-corrected chi connectivity index (χ0v) is 13.5. The van der Waals surface area contributed by atoms with Gasteiger partial charge in [0.25, 0.3) is 5.91 Å². The number of rotatable bonds is 4. The van der Waals surface area contributed by atoms with Crippen LogP contribution in [-0.4, -0.2) is 28.2 Å². The molecule has 2 aromatic heterocycles. The van der Waals surface area contributed by atoms with Crippen LogP contribution < -0.4 is 11.1 Å². The molecule has 2 aromatic rings. The Kier molecular flexibility index (Phi) is 5.57. The van der Waals surface area contributed by atoms with Gasteiger partial charge in [0.2, 0.25) is 0 Å². The summed E-state index contributed by atoms with van der Waals surface area (Å²) in [4.78, 5) is 12.2. The highest BCUT2D eigenvalue weighted by Crippen LogP contribution is 2.20. The first-order valence-electron chi connectivity index (χ1n) is 6.57. The Morgan fingerprint density at radius 1 is 1.43 bits per heavy atom. The molecule has 0 aliphatic carbocycles. The zero-order chi connectivity index (χ0) is 14.9. The number of nitrogens with two attached hydrogens (primary N) is 1. The maximum absolute atomic E-state index is 12.2. The smallest absolute Gasteiger partial charge is 0.253 e. The van der Waals surface area contributed by atoms with Crippen LogP contribution in [0.4, 0.5) is 0 Å². The number of nitrogens with one attached hydrogen (secondary N) is 1. The number of aryl methyl sites for hydroxylation is 2. The van der Waals surface area contributed by atoms with Crippen molar-refractivity contribution in [1.29, 1.82) is 0 Å². The molecule has 1 amide bonds. The third-order valence-electron chi connectivity index (χ3n) is 3.25. The van der Waals surface area contributed by atoms with Gasteiger partial charge in [0, 0.05) is 30.0 Å². The molecule has 0 bridgehead atoms. The Morgan fingerprint density at radius 2 is 2.10 bits per heavy atom. The molecule has 0 aromatic carbocycles. The van der Waals surface area contributed by atoms with Crippen molar-refractivity contribution in [3.63, 3.8) is 0 Å². The van der Waals surface area contributed by atoms with Gasteiger partial charge >= 0.3 is 0 Å². The monoisotopic (exact) mass is 312 g/mol. The molecular weight excluding hydrogens is 292 g/mol. The molecule has 0 radical (unpaired) electrons. The molecule has 116 valence electrons. The molecule has 0 aliphatic heterocycles. The van der Waals surface area contributed by atoms with Gasteiger partial charge in [-0.05, 0) is 33.8 Å². The van der Waals surface area contributed by atoms with Crippen LogP contribution in [0.5, 0.6) is 0 Å². The Balaban J connectivity index is 0.00000220. The molecule has 0 fully saturated rings. The van der Waals surface area contributed by atoms with Gasteiger partial charge in [-0.1, -0.05) is 5.16 Å². The van der Waals surface area contributed by atoms with Crippen LogP contribution >= 0.6 is 12.4 Å². The van der Waals surface area contributed by atoms with E-state index in [4.69, 9.17) is 10.3 Å². The molecular formula is C14H21ClN4O2. The van der Waals surface area contributed by atoms with Crippen molar-refractivity contribution < 1.29 is 9.32 Å². The lowest BCUT2D eigenvalue weighted by atomic mass is 10.2. The third-order valence-corrected chi connectivity index (χ3v) is 3.25. The minimum absolute atomic E-state index is 0. The summed E-state index contributed by atoms with van der Waals surface area (Å²) in [6.07, 6.45) is 0. The fourth-order valence-corrected chi connectivity index (χ4v) is 2.16. The van der Waals surface area contributed by atoms with Gasteiger partial charge in [-0.3, -0.25) is 9.36 Å². The number of amides is 1. The van der Waals surface area contributed by atoms with Gasteiger partial charge in [0.05, 0.1) is 5.56 Å². The summed E-state index contributed by atoms with van der Waals surface area (Å²) in [5, 5.41) is 6.86. The minimum atomic E-state index is -0.123. The summed E-state index contributed by atoms with van der Waals surface area (Å²) in [6.45, 7) is 7.94. The van der Waals surface area contributed by atoms with E-state index >= 15 is 0 Å². The number of halogens is 1. The Hall–Kier alpha value is -1.79. The normalized spacial score (nSPS) is 11.9. The van der Waals surface area contributed by atoms with E-state index in [-0.39, 0.29) is 24.4 Å². The van der Waals surface area contributed by atoms with Crippen molar-refractivity contribution in [2.75, 3.05) is 6.54 Å². The van der Waals surface area contributed by atoms with Crippen molar-refractivity contribution >= 4 is 18.3 Å². The first kappa shape index (κ1) is 17.3. The van der Waals surface area contributed by atoms with Crippen LogP contribution in [0.3, 0.4) is 0 Å². The lowest BCUT2D eigenvalue weighted by molar-refractivity contribution is 0.0940. The van der Waals surface area contributed by atoms with Gasteiger partial charge < -0.3 is 15.6 Å². The van der Waals surface area contributed by atoms with E-state index in [1.807, 2.05) is 44.4 Å². The van der Waals surface area contributed by atoms with Crippen LogP contribution in [0.15, 0.2) is 16.7 Å². The van der Waals surface area contributed by atoms with Gasteiger partial charge in [0.15, 0.2) is 5.82 Å². The second kappa shape index (κ2) is 6.78. The van der Waals surface area contributed by atoms with Crippen LogP contribution in [0.1, 0.15) is 34.4 Å². The third kappa shape index (κ3) is 3.46. The summed E-state index contributed by atoms with van der Waals surface area (Å²) >= 11 is 0. The Labute approximate surface area is 130 Å². The molecule has 0 aliphatic rings. The quantitative estimate of drug-likeness (QED) is 0.902. The van der Waals surface area contributed by atoms with Crippen LogP contribution in [0.2, 0.25) is 0 Å². The fourth-order valence-electron chi connectivity index (χ4n) is 2.16. The topological polar surface area (TPSA) is 86.1 Å². The van der Waals surface area contributed by atoms with Crippen molar-refractivity contribution in [2.45, 2.75) is 33.7 Å². The van der Waals surface area contributed by atoms with E-state index in [0.717, 1.165) is 17.1 Å². The standard InChI is InChI=1S/C14H20N4O2.ClH/c1-8(7-15)16-14(19)12-5-9(2)18(11(12)4)13-6-10(3)20-17-13;/h5-6,8H,7,15H2,1-4H3,(H,16,19);1H/t8-;/m0./s1. The lowest BCUT2D eigenvalue weighted by Crippen LogP contribution is -2.37. The molecule has 2 heterocycles. The first-order valence-corrected chi connectivity index (χ1v) is 6.57. The number of carbonyl (C=O) groups excluding carboxylic acids is 1. The molecule has 0 saturated heterocycles. The second-order valence-electron chi connectivity index (χ2n) is 5.03. The number of hydrogen-bond donors (Lipinski definition) is 2. The van der Waals surface area contributed by atoms with Crippen molar-refractivity contribution in [3.05, 3.63) is 34.8 Å². The van der Waals surface area contributed by atoms with Crippen LogP contribution in [0.25, 0.3) is 5.82 Å². The SMILES string of the molecule is Cc1cc(-n2c(C)cc(C(=O)N[C@@H](C)CN)c2C)no1.Cl. The van der Waals surface area contributed by atoms with Crippen molar-refractivity contribution in [2.24, 2.45) is 5.73 Å². The molecule has 3 N–H and O–H groups in total. The van der Waals surface area contributed by atoms with Crippen LogP contribution in [0, 0.1) is 20.8 Å². The average Bonchev–Trinajstić information content (AvgIpc) is 2.93. The van der Waals surface area contributed by atoms with E-state index < -0.39 is 0 Å². The summed E-state index contributed by atoms with van der Waals surface area (Å²) < 4.78 is 6.99. The molecule has 7 heteroatoms. The average molecular weight is 313 g/mol. The predicted molar refractivity (Wildman–Crippen MR) is 83.3 cm³/mol. The van der Waals surface area contributed by atoms with Crippen molar-refractivity contribution in [3.8, 4) is 5.82 Å². The highest BCUT2D eigenvalue weighted by molar-refractivity contribution is 5.96. The minimum Gasteiger partial charge on any atom is -0.360 e. The zero-order valence-electron chi connectivity index (χ0n) is 12.6. The van der Waals surface area contributed by atoms with Gasteiger partial charge in [0.1, 0.15) is 5.76 Å². The van der Waals surface area contributed by atoms with E-state index in [9.17, 15) is 4.79 Å². The van der Waals surface area contributed by atoms with Crippen molar-refractivity contribution in [1.82, 2.24) is 15.0 Å². The number of nitrogens with zero attached hydrogens (tertiary/aromatic N) is 2. The number of carbonyl (C=O) groups is 1. The van der Waals surface area contributed by atoms with E-state index in [1.54, 1.807) is 0 Å². The summed E-state index contributed by atoms with van der Waals surface area (Å²) in [5.41, 5.74) is 7.91. The molecule has 1 atom stereocenters. The highest BCUT2D eigenvalue weighted by Gasteiger charge is 2.19. The summed E-state index contributed by atoms with van der Waals surface area (Å²) in [5.74, 6) is 1.29. The molecule has 2 rings (SSSR count). The second-order valence-corrected chi connectivity index (χ2v) is 5.03. The van der Waals surface area contributed by atoms with Gasteiger partial charge in [-0.2, -0.15) is 0 Å². The molecule has 21 heavy (non-hydrogen) atoms. The fraction of sp³-hybridized carbons (Fsp3) is 0.429. The largest absolute Gasteiger partial charge is 0.360 e. The molecule has 0 unspecified atom stereocenters. The van der Waals surface area contributed by atoms with E-state index in [0.29, 0.717) is 17.9 Å². The molecule has 6 nitrogen and oxygen atoms in total. The van der Waals surface area contributed by atoms with Gasteiger partial charge in [-0.25, -0.2) is 0 Å². The predicted octanol–water partition coefficient (Wildman–Crippen LogP) is 1.89.